The second kappa shape index (κ2) is 7.50. The number of hydrogen-bond donors (Lipinski definition) is 1. The molecule has 0 atom stereocenters. The lowest BCUT2D eigenvalue weighted by molar-refractivity contribution is 0.478. The lowest BCUT2D eigenvalue weighted by Gasteiger charge is -2.09. The minimum atomic E-state index is 0.886. The van der Waals surface area contributed by atoms with Gasteiger partial charge in [-0.15, -0.1) is 0 Å². The summed E-state index contributed by atoms with van der Waals surface area (Å²) in [4.78, 5) is 0. The second-order valence-corrected chi connectivity index (χ2v) is 5.52. The van der Waals surface area contributed by atoms with Crippen molar-refractivity contribution in [3.8, 4) is 11.5 Å². The fraction of sp³-hybridized carbons (Fsp3) is 0.250. The van der Waals surface area contributed by atoms with Gasteiger partial charge in [0.1, 0.15) is 11.5 Å². The molecule has 0 heterocycles. The molecule has 3 heteroatoms. The molecule has 0 saturated heterocycles. The Morgan fingerprint density at radius 1 is 1.11 bits per heavy atom. The Bertz CT molecular complexity index is 528. The molecule has 2 aromatic carbocycles. The van der Waals surface area contributed by atoms with E-state index in [1.807, 2.05) is 36.4 Å². The van der Waals surface area contributed by atoms with Gasteiger partial charge in [0, 0.05) is 6.54 Å². The first-order valence-corrected chi connectivity index (χ1v) is 7.59. The Balaban J connectivity index is 2.05. The minimum Gasteiger partial charge on any atom is -0.456 e. The molecule has 0 unspecified atom stereocenters. The molecule has 0 aromatic heterocycles. The van der Waals surface area contributed by atoms with E-state index in [1.165, 1.54) is 5.56 Å². The maximum atomic E-state index is 5.92. The standard InChI is InChI=1S/C16H18INO/c1-2-10-18-12-13-6-5-7-14(11-13)19-16-9-4-3-8-15(16)17/h3-9,11,18H,2,10,12H2,1H3. The first-order chi connectivity index (χ1) is 9.29. The molecule has 0 radical (unpaired) electrons. The Labute approximate surface area is 128 Å². The van der Waals surface area contributed by atoms with Crippen molar-refractivity contribution < 1.29 is 4.74 Å². The molecular formula is C16H18INO. The normalized spacial score (nSPS) is 10.4. The average Bonchev–Trinajstić information content (AvgIpc) is 2.42. The van der Waals surface area contributed by atoms with Gasteiger partial charge in [0.15, 0.2) is 0 Å². The number of rotatable bonds is 6. The predicted molar refractivity (Wildman–Crippen MR) is 87.7 cm³/mol. The van der Waals surface area contributed by atoms with E-state index in [0.29, 0.717) is 0 Å². The van der Waals surface area contributed by atoms with Crippen LogP contribution in [0.4, 0.5) is 0 Å². The Kier molecular flexibility index (Phi) is 5.66. The molecule has 2 aromatic rings. The summed E-state index contributed by atoms with van der Waals surface area (Å²) in [5, 5.41) is 3.40. The van der Waals surface area contributed by atoms with Gasteiger partial charge in [-0.1, -0.05) is 31.2 Å². The molecule has 0 amide bonds. The van der Waals surface area contributed by atoms with Crippen LogP contribution in [0.1, 0.15) is 18.9 Å². The van der Waals surface area contributed by atoms with E-state index >= 15 is 0 Å². The summed E-state index contributed by atoms with van der Waals surface area (Å²) in [6, 6.07) is 16.3. The summed E-state index contributed by atoms with van der Waals surface area (Å²) in [5.74, 6) is 1.79. The quantitative estimate of drug-likeness (QED) is 0.596. The first kappa shape index (κ1) is 14.3. The zero-order chi connectivity index (χ0) is 13.5. The molecule has 0 fully saturated rings. The van der Waals surface area contributed by atoms with Crippen molar-refractivity contribution in [1.29, 1.82) is 0 Å². The number of benzene rings is 2. The Morgan fingerprint density at radius 3 is 2.74 bits per heavy atom. The molecule has 0 spiro atoms. The monoisotopic (exact) mass is 367 g/mol. The van der Waals surface area contributed by atoms with Crippen molar-refractivity contribution in [3.05, 3.63) is 57.7 Å². The maximum absolute atomic E-state index is 5.92. The molecule has 1 N–H and O–H groups in total. The fourth-order valence-corrected chi connectivity index (χ4v) is 2.28. The highest BCUT2D eigenvalue weighted by atomic mass is 127. The number of para-hydroxylation sites is 1. The van der Waals surface area contributed by atoms with Crippen LogP contribution >= 0.6 is 22.6 Å². The van der Waals surface area contributed by atoms with Gasteiger partial charge in [-0.3, -0.25) is 0 Å². The largest absolute Gasteiger partial charge is 0.456 e. The van der Waals surface area contributed by atoms with Gasteiger partial charge in [0.05, 0.1) is 3.57 Å². The molecule has 0 saturated carbocycles. The van der Waals surface area contributed by atoms with Crippen molar-refractivity contribution in [2.45, 2.75) is 19.9 Å². The third-order valence-electron chi connectivity index (χ3n) is 2.72. The minimum absolute atomic E-state index is 0.886. The summed E-state index contributed by atoms with van der Waals surface area (Å²) in [6.07, 6.45) is 1.15. The van der Waals surface area contributed by atoms with Crippen LogP contribution in [0.2, 0.25) is 0 Å². The summed E-state index contributed by atoms with van der Waals surface area (Å²) >= 11 is 2.29. The smallest absolute Gasteiger partial charge is 0.140 e. The number of hydrogen-bond acceptors (Lipinski definition) is 2. The van der Waals surface area contributed by atoms with E-state index in [4.69, 9.17) is 4.74 Å². The van der Waals surface area contributed by atoms with E-state index in [9.17, 15) is 0 Å². The molecule has 0 aliphatic rings. The summed E-state index contributed by atoms with van der Waals surface area (Å²) < 4.78 is 7.04. The van der Waals surface area contributed by atoms with E-state index < -0.39 is 0 Å². The SMILES string of the molecule is CCCNCc1cccc(Oc2ccccc2I)c1. The lowest BCUT2D eigenvalue weighted by Crippen LogP contribution is -2.13. The van der Waals surface area contributed by atoms with Gasteiger partial charge >= 0.3 is 0 Å². The molecular weight excluding hydrogens is 349 g/mol. The maximum Gasteiger partial charge on any atom is 0.140 e. The predicted octanol–water partition coefficient (Wildman–Crippen LogP) is 4.58. The van der Waals surface area contributed by atoms with E-state index in [0.717, 1.165) is 34.6 Å². The van der Waals surface area contributed by atoms with Crippen LogP contribution in [-0.2, 0) is 6.54 Å². The van der Waals surface area contributed by atoms with Crippen molar-refractivity contribution in [1.82, 2.24) is 5.32 Å². The average molecular weight is 367 g/mol. The Morgan fingerprint density at radius 2 is 1.95 bits per heavy atom. The third kappa shape index (κ3) is 4.51. The molecule has 19 heavy (non-hydrogen) atoms. The molecule has 0 bridgehead atoms. The number of halogens is 1. The van der Waals surface area contributed by atoms with Crippen molar-refractivity contribution in [2.75, 3.05) is 6.54 Å². The van der Waals surface area contributed by atoms with Gasteiger partial charge in [-0.25, -0.2) is 0 Å². The molecule has 100 valence electrons. The summed E-state index contributed by atoms with van der Waals surface area (Å²) in [5.41, 5.74) is 1.25. The van der Waals surface area contributed by atoms with E-state index in [2.05, 4.69) is 47.0 Å². The fourth-order valence-electron chi connectivity index (χ4n) is 1.78. The highest BCUT2D eigenvalue weighted by Gasteiger charge is 2.02. The van der Waals surface area contributed by atoms with Crippen molar-refractivity contribution in [2.24, 2.45) is 0 Å². The molecule has 2 nitrogen and oxygen atoms in total. The van der Waals surface area contributed by atoms with Gasteiger partial charge < -0.3 is 10.1 Å². The van der Waals surface area contributed by atoms with E-state index in [1.54, 1.807) is 0 Å². The van der Waals surface area contributed by atoms with Crippen LogP contribution in [0.25, 0.3) is 0 Å². The van der Waals surface area contributed by atoms with Crippen molar-refractivity contribution >= 4 is 22.6 Å². The zero-order valence-corrected chi connectivity index (χ0v) is 13.2. The van der Waals surface area contributed by atoms with Gasteiger partial charge in [0.2, 0.25) is 0 Å². The molecule has 2 rings (SSSR count). The molecule has 0 aliphatic carbocycles. The second-order valence-electron chi connectivity index (χ2n) is 4.36. The van der Waals surface area contributed by atoms with Crippen LogP contribution in [0.15, 0.2) is 48.5 Å². The first-order valence-electron chi connectivity index (χ1n) is 6.51. The van der Waals surface area contributed by atoms with Crippen LogP contribution < -0.4 is 10.1 Å². The Hall–Kier alpha value is -1.07. The topological polar surface area (TPSA) is 21.3 Å². The summed E-state index contributed by atoms with van der Waals surface area (Å²) in [7, 11) is 0. The van der Waals surface area contributed by atoms with Gasteiger partial charge in [0.25, 0.3) is 0 Å². The zero-order valence-electron chi connectivity index (χ0n) is 11.0. The van der Waals surface area contributed by atoms with Crippen LogP contribution in [0.3, 0.4) is 0 Å². The van der Waals surface area contributed by atoms with Crippen LogP contribution in [0, 0.1) is 3.57 Å². The van der Waals surface area contributed by atoms with Crippen LogP contribution in [0.5, 0.6) is 11.5 Å². The van der Waals surface area contributed by atoms with Crippen molar-refractivity contribution in [3.63, 3.8) is 0 Å². The number of ether oxygens (including phenoxy) is 1. The molecule has 0 aliphatic heterocycles. The summed E-state index contributed by atoms with van der Waals surface area (Å²) in [6.45, 7) is 4.10. The van der Waals surface area contributed by atoms with Gasteiger partial charge in [-0.2, -0.15) is 0 Å². The number of nitrogens with one attached hydrogen (secondary N) is 1. The van der Waals surface area contributed by atoms with Crippen LogP contribution in [-0.4, -0.2) is 6.54 Å². The third-order valence-corrected chi connectivity index (χ3v) is 3.61. The highest BCUT2D eigenvalue weighted by molar-refractivity contribution is 14.1. The van der Waals surface area contributed by atoms with E-state index in [-0.39, 0.29) is 0 Å². The lowest BCUT2D eigenvalue weighted by atomic mass is 10.2. The highest BCUT2D eigenvalue weighted by Crippen LogP contribution is 2.26. The van der Waals surface area contributed by atoms with Gasteiger partial charge in [-0.05, 0) is 65.4 Å².